The third-order valence-corrected chi connectivity index (χ3v) is 4.09. The number of para-hydroxylation sites is 1. The maximum Gasteiger partial charge on any atom is 0.341 e. The van der Waals surface area contributed by atoms with Crippen LogP contribution in [0.2, 0.25) is 0 Å². The number of hydrogen-bond acceptors (Lipinski definition) is 5. The van der Waals surface area contributed by atoms with Gasteiger partial charge < -0.3 is 9.47 Å². The van der Waals surface area contributed by atoms with Crippen LogP contribution in [0.15, 0.2) is 42.7 Å². The van der Waals surface area contributed by atoms with E-state index < -0.39 is 0 Å². The maximum atomic E-state index is 12.2. The van der Waals surface area contributed by atoms with Gasteiger partial charge in [0.1, 0.15) is 12.7 Å². The van der Waals surface area contributed by atoms with Crippen LogP contribution in [0.3, 0.4) is 0 Å². The van der Waals surface area contributed by atoms with E-state index in [1.54, 1.807) is 10.9 Å². The van der Waals surface area contributed by atoms with Crippen molar-refractivity contribution in [2.24, 2.45) is 5.92 Å². The van der Waals surface area contributed by atoms with E-state index in [1.807, 2.05) is 30.3 Å². The zero-order valence-corrected chi connectivity index (χ0v) is 14.8. The number of rotatable bonds is 6. The molecule has 1 aliphatic rings. The molecule has 2 heterocycles. The van der Waals surface area contributed by atoms with Gasteiger partial charge in [-0.3, -0.25) is 4.90 Å². The Kier molecular flexibility index (Phi) is 5.83. The molecule has 1 aromatic heterocycles. The molecule has 0 amide bonds. The first-order valence-corrected chi connectivity index (χ1v) is 8.73. The Balaban J connectivity index is 1.52. The Morgan fingerprint density at radius 1 is 1.36 bits per heavy atom. The standard InChI is InChI=1S/C19H25N3O3/c1-15(2)11-21-8-9-24-18(13-21)14-25-19(23)16-10-20-22(12-16)17-6-4-3-5-7-17/h3-7,10,12,15,18H,8-9,11,13-14H2,1-2H3. The van der Waals surface area contributed by atoms with Crippen molar-refractivity contribution in [3.8, 4) is 5.69 Å². The van der Waals surface area contributed by atoms with Gasteiger partial charge in [-0.2, -0.15) is 5.10 Å². The van der Waals surface area contributed by atoms with Crippen LogP contribution in [0.1, 0.15) is 24.2 Å². The molecule has 1 fully saturated rings. The van der Waals surface area contributed by atoms with Gasteiger partial charge in [0, 0.05) is 25.8 Å². The first-order valence-electron chi connectivity index (χ1n) is 8.73. The van der Waals surface area contributed by atoms with Gasteiger partial charge in [-0.1, -0.05) is 32.0 Å². The quantitative estimate of drug-likeness (QED) is 0.754. The van der Waals surface area contributed by atoms with Gasteiger partial charge in [0.2, 0.25) is 0 Å². The van der Waals surface area contributed by atoms with E-state index in [0.29, 0.717) is 18.1 Å². The number of esters is 1. The van der Waals surface area contributed by atoms with Gasteiger partial charge in [-0.15, -0.1) is 0 Å². The highest BCUT2D eigenvalue weighted by molar-refractivity contribution is 5.88. The number of carbonyl (C=O) groups is 1. The minimum absolute atomic E-state index is 0.0689. The summed E-state index contributed by atoms with van der Waals surface area (Å²) in [5, 5.41) is 4.22. The first-order chi connectivity index (χ1) is 12.1. The Labute approximate surface area is 148 Å². The van der Waals surface area contributed by atoms with Crippen LogP contribution in [0, 0.1) is 5.92 Å². The molecule has 0 spiro atoms. The molecule has 0 radical (unpaired) electrons. The molecule has 1 aromatic carbocycles. The van der Waals surface area contributed by atoms with Gasteiger partial charge >= 0.3 is 5.97 Å². The molecule has 1 saturated heterocycles. The van der Waals surface area contributed by atoms with E-state index in [1.165, 1.54) is 6.20 Å². The van der Waals surface area contributed by atoms with E-state index in [4.69, 9.17) is 9.47 Å². The number of aromatic nitrogens is 2. The second-order valence-corrected chi connectivity index (χ2v) is 6.75. The van der Waals surface area contributed by atoms with Crippen molar-refractivity contribution < 1.29 is 14.3 Å². The topological polar surface area (TPSA) is 56.6 Å². The van der Waals surface area contributed by atoms with E-state index >= 15 is 0 Å². The van der Waals surface area contributed by atoms with Crippen molar-refractivity contribution in [2.75, 3.05) is 32.8 Å². The first kappa shape index (κ1) is 17.6. The van der Waals surface area contributed by atoms with Crippen LogP contribution in [-0.2, 0) is 9.47 Å². The molecule has 1 aliphatic heterocycles. The maximum absolute atomic E-state index is 12.2. The predicted octanol–water partition coefficient (Wildman–Crippen LogP) is 2.39. The van der Waals surface area contributed by atoms with Crippen molar-refractivity contribution in [2.45, 2.75) is 20.0 Å². The van der Waals surface area contributed by atoms with E-state index in [-0.39, 0.29) is 18.7 Å². The third kappa shape index (κ3) is 4.90. The summed E-state index contributed by atoms with van der Waals surface area (Å²) in [4.78, 5) is 14.6. The SMILES string of the molecule is CC(C)CN1CCOC(COC(=O)c2cnn(-c3ccccc3)c2)C1. The lowest BCUT2D eigenvalue weighted by Gasteiger charge is -2.33. The number of carbonyl (C=O) groups excluding carboxylic acids is 1. The number of hydrogen-bond donors (Lipinski definition) is 0. The van der Waals surface area contributed by atoms with E-state index in [9.17, 15) is 4.79 Å². The fourth-order valence-corrected chi connectivity index (χ4v) is 2.97. The Morgan fingerprint density at radius 3 is 2.92 bits per heavy atom. The molecular weight excluding hydrogens is 318 g/mol. The minimum atomic E-state index is -0.369. The van der Waals surface area contributed by atoms with Crippen LogP contribution in [0.5, 0.6) is 0 Å². The zero-order chi connectivity index (χ0) is 17.6. The Bertz CT molecular complexity index is 684. The van der Waals surface area contributed by atoms with E-state index in [0.717, 1.165) is 25.3 Å². The highest BCUT2D eigenvalue weighted by atomic mass is 16.6. The van der Waals surface area contributed by atoms with Crippen LogP contribution in [0.25, 0.3) is 5.69 Å². The van der Waals surface area contributed by atoms with Crippen molar-refractivity contribution in [3.05, 3.63) is 48.3 Å². The molecule has 1 atom stereocenters. The third-order valence-electron chi connectivity index (χ3n) is 4.09. The van der Waals surface area contributed by atoms with Gasteiger partial charge in [0.05, 0.1) is 24.1 Å². The fourth-order valence-electron chi connectivity index (χ4n) is 2.97. The molecule has 25 heavy (non-hydrogen) atoms. The molecule has 0 saturated carbocycles. The second-order valence-electron chi connectivity index (χ2n) is 6.75. The summed E-state index contributed by atoms with van der Waals surface area (Å²) in [6.07, 6.45) is 3.15. The molecule has 0 bridgehead atoms. The number of benzene rings is 1. The Morgan fingerprint density at radius 2 is 2.16 bits per heavy atom. The molecule has 2 aromatic rings. The average Bonchev–Trinajstić information content (AvgIpc) is 3.10. The van der Waals surface area contributed by atoms with Crippen molar-refractivity contribution in [1.82, 2.24) is 14.7 Å². The summed E-state index contributed by atoms with van der Waals surface area (Å²) < 4.78 is 12.8. The second kappa shape index (κ2) is 8.27. The molecule has 134 valence electrons. The summed E-state index contributed by atoms with van der Waals surface area (Å²) in [6, 6.07) is 9.66. The highest BCUT2D eigenvalue weighted by Crippen LogP contribution is 2.11. The van der Waals surface area contributed by atoms with Gasteiger partial charge in [-0.05, 0) is 18.1 Å². The Hall–Kier alpha value is -2.18. The summed E-state index contributed by atoms with van der Waals surface area (Å²) in [7, 11) is 0. The molecule has 6 heteroatoms. The highest BCUT2D eigenvalue weighted by Gasteiger charge is 2.23. The van der Waals surface area contributed by atoms with E-state index in [2.05, 4.69) is 23.8 Å². The lowest BCUT2D eigenvalue weighted by atomic mass is 10.2. The monoisotopic (exact) mass is 343 g/mol. The molecule has 3 rings (SSSR count). The van der Waals surface area contributed by atoms with Crippen molar-refractivity contribution in [1.29, 1.82) is 0 Å². The largest absolute Gasteiger partial charge is 0.459 e. The molecular formula is C19H25N3O3. The molecule has 6 nitrogen and oxygen atoms in total. The average molecular weight is 343 g/mol. The molecule has 0 aliphatic carbocycles. The summed E-state index contributed by atoms with van der Waals surface area (Å²) in [5.74, 6) is 0.247. The lowest BCUT2D eigenvalue weighted by Crippen LogP contribution is -2.45. The summed E-state index contributed by atoms with van der Waals surface area (Å²) in [6.45, 7) is 8.13. The van der Waals surface area contributed by atoms with Gasteiger partial charge in [-0.25, -0.2) is 9.48 Å². The number of nitrogens with zero attached hydrogens (tertiary/aromatic N) is 3. The van der Waals surface area contributed by atoms with Crippen LogP contribution < -0.4 is 0 Å². The smallest absolute Gasteiger partial charge is 0.341 e. The lowest BCUT2D eigenvalue weighted by molar-refractivity contribution is -0.0612. The van der Waals surface area contributed by atoms with Crippen LogP contribution >= 0.6 is 0 Å². The summed E-state index contributed by atoms with van der Waals surface area (Å²) in [5.41, 5.74) is 1.35. The molecule has 1 unspecified atom stereocenters. The van der Waals surface area contributed by atoms with Gasteiger partial charge in [0.25, 0.3) is 0 Å². The van der Waals surface area contributed by atoms with Gasteiger partial charge in [0.15, 0.2) is 0 Å². The van der Waals surface area contributed by atoms with Crippen molar-refractivity contribution in [3.63, 3.8) is 0 Å². The number of ether oxygens (including phenoxy) is 2. The predicted molar refractivity (Wildman–Crippen MR) is 94.9 cm³/mol. The molecule has 0 N–H and O–H groups in total. The van der Waals surface area contributed by atoms with Crippen LogP contribution in [-0.4, -0.2) is 59.6 Å². The summed E-state index contributed by atoms with van der Waals surface area (Å²) >= 11 is 0. The zero-order valence-electron chi connectivity index (χ0n) is 14.8. The van der Waals surface area contributed by atoms with Crippen LogP contribution in [0.4, 0.5) is 0 Å². The minimum Gasteiger partial charge on any atom is -0.459 e. The normalized spacial score (nSPS) is 18.4. The fraction of sp³-hybridized carbons (Fsp3) is 0.474. The van der Waals surface area contributed by atoms with Crippen molar-refractivity contribution >= 4 is 5.97 Å². The number of morpholine rings is 1.